The molecule has 2 aromatic rings. The lowest BCUT2D eigenvalue weighted by atomic mass is 9.95. The molecule has 140 valence electrons. The summed E-state index contributed by atoms with van der Waals surface area (Å²) < 4.78 is 2.37. The fraction of sp³-hybridized carbons (Fsp3) is 0.650. The Hall–Kier alpha value is -1.69. The van der Waals surface area contributed by atoms with E-state index in [-0.39, 0.29) is 0 Å². The SMILES string of the molecule is O=C(CCCc1cccs1)N1CCC(c2nnc3n2CCCCC3)CC1. The van der Waals surface area contributed by atoms with Gasteiger partial charge < -0.3 is 9.47 Å². The molecule has 0 atom stereocenters. The van der Waals surface area contributed by atoms with E-state index in [9.17, 15) is 4.79 Å². The van der Waals surface area contributed by atoms with Crippen LogP contribution in [0.15, 0.2) is 17.5 Å². The Balaban J connectivity index is 1.27. The first kappa shape index (κ1) is 17.7. The van der Waals surface area contributed by atoms with Gasteiger partial charge in [-0.25, -0.2) is 0 Å². The van der Waals surface area contributed by atoms with Crippen LogP contribution in [0.2, 0.25) is 0 Å². The van der Waals surface area contributed by atoms with Gasteiger partial charge in [0.25, 0.3) is 0 Å². The van der Waals surface area contributed by atoms with Gasteiger partial charge >= 0.3 is 0 Å². The molecular formula is C20H28N4OS. The molecule has 0 saturated carbocycles. The summed E-state index contributed by atoms with van der Waals surface area (Å²) in [4.78, 5) is 15.9. The quantitative estimate of drug-likeness (QED) is 0.802. The van der Waals surface area contributed by atoms with Crippen molar-refractivity contribution in [3.63, 3.8) is 0 Å². The van der Waals surface area contributed by atoms with Crippen molar-refractivity contribution in [2.45, 2.75) is 70.3 Å². The third-order valence-corrected chi connectivity index (χ3v) is 6.68. The summed E-state index contributed by atoms with van der Waals surface area (Å²) in [5, 5.41) is 11.1. The Kier molecular flexibility index (Phi) is 5.68. The van der Waals surface area contributed by atoms with E-state index in [1.54, 1.807) is 11.3 Å². The molecule has 6 heteroatoms. The molecule has 5 nitrogen and oxygen atoms in total. The molecule has 0 bridgehead atoms. The molecule has 1 fully saturated rings. The zero-order valence-electron chi connectivity index (χ0n) is 15.4. The Morgan fingerprint density at radius 1 is 1.15 bits per heavy atom. The highest BCUT2D eigenvalue weighted by atomic mass is 32.1. The fourth-order valence-corrected chi connectivity index (χ4v) is 4.97. The molecule has 0 aromatic carbocycles. The summed E-state index contributed by atoms with van der Waals surface area (Å²) in [5.74, 6) is 3.13. The third kappa shape index (κ3) is 4.00. The predicted octanol–water partition coefficient (Wildman–Crippen LogP) is 3.79. The fourth-order valence-electron chi connectivity index (χ4n) is 4.22. The van der Waals surface area contributed by atoms with Gasteiger partial charge in [0.1, 0.15) is 11.6 Å². The van der Waals surface area contributed by atoms with Gasteiger partial charge in [0.15, 0.2) is 0 Å². The third-order valence-electron chi connectivity index (χ3n) is 5.74. The van der Waals surface area contributed by atoms with Crippen LogP contribution in [0, 0.1) is 0 Å². The van der Waals surface area contributed by atoms with E-state index >= 15 is 0 Å². The molecule has 1 saturated heterocycles. The topological polar surface area (TPSA) is 51.0 Å². The number of carbonyl (C=O) groups excluding carboxylic acids is 1. The van der Waals surface area contributed by atoms with Gasteiger partial charge in [-0.15, -0.1) is 21.5 Å². The standard InChI is InChI=1S/C20H28N4OS/c25-19(9-4-6-17-7-5-15-26-17)23-13-10-16(11-14-23)20-22-21-18-8-2-1-3-12-24(18)20/h5,7,15-16H,1-4,6,8-14H2. The average molecular weight is 373 g/mol. The predicted molar refractivity (Wildman–Crippen MR) is 103 cm³/mol. The summed E-state index contributed by atoms with van der Waals surface area (Å²) in [5.41, 5.74) is 0. The molecule has 4 heterocycles. The largest absolute Gasteiger partial charge is 0.343 e. The lowest BCUT2D eigenvalue weighted by Crippen LogP contribution is -2.38. The van der Waals surface area contributed by atoms with E-state index < -0.39 is 0 Å². The van der Waals surface area contributed by atoms with Crippen LogP contribution in [-0.4, -0.2) is 38.7 Å². The van der Waals surface area contributed by atoms with E-state index in [4.69, 9.17) is 0 Å². The van der Waals surface area contributed by atoms with Crippen LogP contribution >= 0.6 is 11.3 Å². The van der Waals surface area contributed by atoms with Crippen LogP contribution in [-0.2, 0) is 24.2 Å². The Labute approximate surface area is 159 Å². The van der Waals surface area contributed by atoms with Gasteiger partial charge in [0.2, 0.25) is 5.91 Å². The summed E-state index contributed by atoms with van der Waals surface area (Å²) in [6, 6.07) is 4.24. The number of rotatable bonds is 5. The Bertz CT molecular complexity index is 716. The molecule has 2 aliphatic heterocycles. The van der Waals surface area contributed by atoms with Crippen molar-refractivity contribution in [3.05, 3.63) is 34.0 Å². The number of aromatic nitrogens is 3. The summed E-state index contributed by atoms with van der Waals surface area (Å²) in [6.45, 7) is 2.80. The maximum absolute atomic E-state index is 12.5. The molecule has 2 aliphatic rings. The van der Waals surface area contributed by atoms with Crippen LogP contribution in [0.3, 0.4) is 0 Å². The minimum Gasteiger partial charge on any atom is -0.343 e. The second kappa shape index (κ2) is 8.33. The molecule has 0 aliphatic carbocycles. The van der Waals surface area contributed by atoms with Crippen molar-refractivity contribution in [2.75, 3.05) is 13.1 Å². The second-order valence-electron chi connectivity index (χ2n) is 7.52. The van der Waals surface area contributed by atoms with Crippen LogP contribution in [0.5, 0.6) is 0 Å². The number of aryl methyl sites for hydroxylation is 2. The van der Waals surface area contributed by atoms with E-state index in [1.165, 1.54) is 35.8 Å². The van der Waals surface area contributed by atoms with Crippen molar-refractivity contribution < 1.29 is 4.79 Å². The minimum atomic E-state index is 0.320. The average Bonchev–Trinajstić information content (AvgIpc) is 3.27. The smallest absolute Gasteiger partial charge is 0.222 e. The molecule has 0 spiro atoms. The van der Waals surface area contributed by atoms with E-state index in [2.05, 4.69) is 37.2 Å². The van der Waals surface area contributed by atoms with Gasteiger partial charge in [-0.1, -0.05) is 12.5 Å². The number of thiophene rings is 1. The number of hydrogen-bond acceptors (Lipinski definition) is 4. The van der Waals surface area contributed by atoms with Gasteiger partial charge in [-0.3, -0.25) is 4.79 Å². The van der Waals surface area contributed by atoms with Gasteiger partial charge in [-0.05, 0) is 50.0 Å². The minimum absolute atomic E-state index is 0.320. The number of carbonyl (C=O) groups is 1. The lowest BCUT2D eigenvalue weighted by molar-refractivity contribution is -0.132. The molecule has 0 radical (unpaired) electrons. The summed E-state index contributed by atoms with van der Waals surface area (Å²) in [6.07, 6.45) is 9.52. The molecule has 4 rings (SSSR count). The lowest BCUT2D eigenvalue weighted by Gasteiger charge is -2.32. The normalized spacial score (nSPS) is 18.5. The molecule has 0 unspecified atom stereocenters. The zero-order chi connectivity index (χ0) is 17.8. The van der Waals surface area contributed by atoms with Gasteiger partial charge in [0, 0.05) is 43.3 Å². The highest BCUT2D eigenvalue weighted by Crippen LogP contribution is 2.29. The van der Waals surface area contributed by atoms with Crippen molar-refractivity contribution >= 4 is 17.2 Å². The summed E-state index contributed by atoms with van der Waals surface area (Å²) in [7, 11) is 0. The number of nitrogens with zero attached hydrogens (tertiary/aromatic N) is 4. The first-order valence-electron chi connectivity index (χ1n) is 10.0. The van der Waals surface area contributed by atoms with Crippen molar-refractivity contribution in [3.8, 4) is 0 Å². The van der Waals surface area contributed by atoms with Gasteiger partial charge in [-0.2, -0.15) is 0 Å². The molecule has 0 N–H and O–H groups in total. The molecule has 26 heavy (non-hydrogen) atoms. The maximum atomic E-state index is 12.5. The number of hydrogen-bond donors (Lipinski definition) is 0. The van der Waals surface area contributed by atoms with E-state index in [1.807, 2.05) is 0 Å². The first-order chi connectivity index (χ1) is 12.8. The van der Waals surface area contributed by atoms with Crippen LogP contribution in [0.1, 0.15) is 67.4 Å². The molecule has 2 aromatic heterocycles. The second-order valence-corrected chi connectivity index (χ2v) is 8.56. The van der Waals surface area contributed by atoms with E-state index in [0.29, 0.717) is 18.2 Å². The van der Waals surface area contributed by atoms with Crippen molar-refractivity contribution in [1.82, 2.24) is 19.7 Å². The van der Waals surface area contributed by atoms with Crippen LogP contribution < -0.4 is 0 Å². The monoisotopic (exact) mass is 372 g/mol. The van der Waals surface area contributed by atoms with Gasteiger partial charge in [0.05, 0.1) is 0 Å². The Morgan fingerprint density at radius 2 is 2.04 bits per heavy atom. The highest BCUT2D eigenvalue weighted by molar-refractivity contribution is 7.09. The number of likely N-dealkylation sites (tertiary alicyclic amines) is 1. The van der Waals surface area contributed by atoms with Crippen molar-refractivity contribution in [2.24, 2.45) is 0 Å². The van der Waals surface area contributed by atoms with Crippen molar-refractivity contribution in [1.29, 1.82) is 0 Å². The number of piperidine rings is 1. The number of amides is 1. The summed E-state index contributed by atoms with van der Waals surface area (Å²) >= 11 is 1.78. The highest BCUT2D eigenvalue weighted by Gasteiger charge is 2.28. The number of fused-ring (bicyclic) bond motifs is 1. The molecular weight excluding hydrogens is 344 g/mol. The first-order valence-corrected chi connectivity index (χ1v) is 10.9. The maximum Gasteiger partial charge on any atom is 0.222 e. The zero-order valence-corrected chi connectivity index (χ0v) is 16.2. The van der Waals surface area contributed by atoms with E-state index in [0.717, 1.165) is 51.7 Å². The van der Waals surface area contributed by atoms with Crippen LogP contribution in [0.25, 0.3) is 0 Å². The molecule has 1 amide bonds. The Morgan fingerprint density at radius 3 is 2.85 bits per heavy atom. The van der Waals surface area contributed by atoms with Crippen LogP contribution in [0.4, 0.5) is 0 Å².